The highest BCUT2D eigenvalue weighted by Crippen LogP contribution is 2.20. The van der Waals surface area contributed by atoms with Gasteiger partial charge < -0.3 is 9.84 Å². The van der Waals surface area contributed by atoms with E-state index in [2.05, 4.69) is 31.6 Å². The summed E-state index contributed by atoms with van der Waals surface area (Å²) in [7, 11) is 0. The van der Waals surface area contributed by atoms with Crippen LogP contribution in [0.1, 0.15) is 29.1 Å². The van der Waals surface area contributed by atoms with E-state index >= 15 is 0 Å². The lowest BCUT2D eigenvalue weighted by Gasteiger charge is -2.10. The van der Waals surface area contributed by atoms with Crippen LogP contribution in [0.2, 0.25) is 0 Å². The highest BCUT2D eigenvalue weighted by atomic mass is 16.5. The molecule has 1 N–H and O–H groups in total. The monoisotopic (exact) mass is 402 g/mol. The number of amides is 1. The second kappa shape index (κ2) is 8.28. The zero-order valence-corrected chi connectivity index (χ0v) is 17.1. The fraction of sp³-hybridized carbons (Fsp3) is 0.227. The number of nitrogens with zero attached hydrogens (tertiary/aromatic N) is 5. The van der Waals surface area contributed by atoms with Gasteiger partial charge in [-0.1, -0.05) is 17.3 Å². The van der Waals surface area contributed by atoms with Crippen LogP contribution in [0, 0.1) is 20.8 Å². The molecule has 0 saturated carbocycles. The Balaban J connectivity index is 1.43. The number of anilines is 1. The van der Waals surface area contributed by atoms with Gasteiger partial charge in [-0.25, -0.2) is 4.68 Å². The van der Waals surface area contributed by atoms with Crippen LogP contribution in [-0.2, 0) is 11.2 Å². The van der Waals surface area contributed by atoms with Gasteiger partial charge in [0.2, 0.25) is 17.6 Å². The first-order valence-electron chi connectivity index (χ1n) is 9.67. The summed E-state index contributed by atoms with van der Waals surface area (Å²) in [5.74, 6) is 1.28. The van der Waals surface area contributed by atoms with Gasteiger partial charge in [0.1, 0.15) is 11.5 Å². The Kier molecular flexibility index (Phi) is 5.38. The number of aryl methyl sites for hydroxylation is 4. The zero-order chi connectivity index (χ0) is 21.1. The lowest BCUT2D eigenvalue weighted by atomic mass is 10.1. The molecule has 0 spiro atoms. The molecule has 8 heteroatoms. The average Bonchev–Trinajstić information content (AvgIpc) is 3.33. The summed E-state index contributed by atoms with van der Waals surface area (Å²) in [6.45, 7) is 5.97. The van der Waals surface area contributed by atoms with Crippen molar-refractivity contribution in [3.05, 3.63) is 71.4 Å². The quantitative estimate of drug-likeness (QED) is 0.526. The van der Waals surface area contributed by atoms with Gasteiger partial charge in [-0.15, -0.1) is 0 Å². The first kappa shape index (κ1) is 19.5. The zero-order valence-electron chi connectivity index (χ0n) is 17.1. The molecule has 0 bridgehead atoms. The molecule has 4 rings (SSSR count). The van der Waals surface area contributed by atoms with Crippen LogP contribution in [0.4, 0.5) is 5.82 Å². The Morgan fingerprint density at radius 3 is 2.63 bits per heavy atom. The van der Waals surface area contributed by atoms with Crippen molar-refractivity contribution in [2.24, 2.45) is 0 Å². The third-order valence-corrected chi connectivity index (χ3v) is 4.48. The summed E-state index contributed by atoms with van der Waals surface area (Å²) in [4.78, 5) is 21.0. The molecular formula is C22H22N6O2. The second-order valence-electron chi connectivity index (χ2n) is 7.20. The molecule has 0 aliphatic heterocycles. The molecule has 0 radical (unpaired) electrons. The molecule has 30 heavy (non-hydrogen) atoms. The van der Waals surface area contributed by atoms with Crippen molar-refractivity contribution >= 4 is 11.7 Å². The molecule has 0 atom stereocenters. The number of hydrogen-bond acceptors (Lipinski definition) is 6. The van der Waals surface area contributed by atoms with E-state index in [9.17, 15) is 4.79 Å². The lowest BCUT2D eigenvalue weighted by Crippen LogP contribution is -2.15. The van der Waals surface area contributed by atoms with E-state index in [-0.39, 0.29) is 12.3 Å². The minimum Gasteiger partial charge on any atom is -0.339 e. The van der Waals surface area contributed by atoms with Crippen LogP contribution >= 0.6 is 0 Å². The Labute approximate surface area is 174 Å². The standard InChI is InChI=1S/C22H22N6O2/c1-14-10-15(2)12-17(11-14)28-19(13-16(3)26-28)24-20(29)7-8-21-25-22(27-30-21)18-6-4-5-9-23-18/h4-6,9-13H,7-8H2,1-3H3,(H,24,29). The van der Waals surface area contributed by atoms with Gasteiger partial charge in [0.15, 0.2) is 0 Å². The van der Waals surface area contributed by atoms with Crippen LogP contribution in [0.25, 0.3) is 17.2 Å². The Morgan fingerprint density at radius 1 is 1.10 bits per heavy atom. The summed E-state index contributed by atoms with van der Waals surface area (Å²) < 4.78 is 6.99. The molecule has 8 nitrogen and oxygen atoms in total. The van der Waals surface area contributed by atoms with E-state index in [4.69, 9.17) is 4.52 Å². The smallest absolute Gasteiger partial charge is 0.227 e. The first-order chi connectivity index (χ1) is 14.5. The van der Waals surface area contributed by atoms with Gasteiger partial charge in [0, 0.05) is 25.1 Å². The Hall–Kier alpha value is -3.81. The molecule has 0 unspecified atom stereocenters. The van der Waals surface area contributed by atoms with E-state index in [1.54, 1.807) is 16.9 Å². The topological polar surface area (TPSA) is 98.7 Å². The molecular weight excluding hydrogens is 380 g/mol. The number of benzene rings is 1. The molecule has 3 aromatic heterocycles. The van der Waals surface area contributed by atoms with E-state index in [0.717, 1.165) is 22.5 Å². The third-order valence-electron chi connectivity index (χ3n) is 4.48. The van der Waals surface area contributed by atoms with Gasteiger partial charge in [0.25, 0.3) is 0 Å². The maximum absolute atomic E-state index is 12.5. The number of nitrogens with one attached hydrogen (secondary N) is 1. The minimum atomic E-state index is -0.155. The van der Waals surface area contributed by atoms with E-state index in [0.29, 0.717) is 29.6 Å². The maximum atomic E-state index is 12.5. The summed E-state index contributed by atoms with van der Waals surface area (Å²) in [6.07, 6.45) is 2.21. The van der Waals surface area contributed by atoms with Crippen molar-refractivity contribution in [2.45, 2.75) is 33.6 Å². The van der Waals surface area contributed by atoms with Crippen molar-refractivity contribution in [1.29, 1.82) is 0 Å². The molecule has 0 saturated heterocycles. The number of hydrogen-bond donors (Lipinski definition) is 1. The molecule has 1 aromatic carbocycles. The van der Waals surface area contributed by atoms with Crippen LogP contribution in [-0.4, -0.2) is 30.8 Å². The number of pyridine rings is 1. The van der Waals surface area contributed by atoms with E-state index in [1.807, 2.05) is 51.1 Å². The summed E-state index contributed by atoms with van der Waals surface area (Å²) in [5, 5.41) is 11.4. The SMILES string of the molecule is Cc1cc(C)cc(-n2nc(C)cc2NC(=O)CCc2nc(-c3ccccn3)no2)c1. The largest absolute Gasteiger partial charge is 0.339 e. The maximum Gasteiger partial charge on any atom is 0.227 e. The summed E-state index contributed by atoms with van der Waals surface area (Å²) in [6, 6.07) is 13.5. The predicted molar refractivity (Wildman–Crippen MR) is 112 cm³/mol. The highest BCUT2D eigenvalue weighted by molar-refractivity contribution is 5.90. The molecule has 152 valence electrons. The van der Waals surface area contributed by atoms with Gasteiger partial charge in [-0.2, -0.15) is 10.1 Å². The van der Waals surface area contributed by atoms with Gasteiger partial charge in [-0.05, 0) is 56.2 Å². The summed E-state index contributed by atoms with van der Waals surface area (Å²) >= 11 is 0. The van der Waals surface area contributed by atoms with Crippen molar-refractivity contribution in [2.75, 3.05) is 5.32 Å². The minimum absolute atomic E-state index is 0.155. The van der Waals surface area contributed by atoms with E-state index in [1.165, 1.54) is 0 Å². The molecule has 0 aliphatic carbocycles. The molecule has 1 amide bonds. The van der Waals surface area contributed by atoms with Gasteiger partial charge in [0.05, 0.1) is 11.4 Å². The fourth-order valence-corrected chi connectivity index (χ4v) is 3.24. The molecule has 0 fully saturated rings. The lowest BCUT2D eigenvalue weighted by molar-refractivity contribution is -0.116. The van der Waals surface area contributed by atoms with Crippen molar-refractivity contribution < 1.29 is 9.32 Å². The Morgan fingerprint density at radius 2 is 1.90 bits per heavy atom. The predicted octanol–water partition coefficient (Wildman–Crippen LogP) is 3.81. The van der Waals surface area contributed by atoms with Gasteiger partial charge >= 0.3 is 0 Å². The average molecular weight is 402 g/mol. The number of rotatable bonds is 6. The van der Waals surface area contributed by atoms with Crippen LogP contribution in [0.5, 0.6) is 0 Å². The fourth-order valence-electron chi connectivity index (χ4n) is 3.24. The molecule has 4 aromatic rings. The normalized spacial score (nSPS) is 10.9. The Bertz CT molecular complexity index is 1160. The first-order valence-corrected chi connectivity index (χ1v) is 9.67. The highest BCUT2D eigenvalue weighted by Gasteiger charge is 2.14. The van der Waals surface area contributed by atoms with Crippen LogP contribution < -0.4 is 5.32 Å². The number of aromatic nitrogens is 5. The second-order valence-corrected chi connectivity index (χ2v) is 7.20. The third kappa shape index (κ3) is 4.43. The number of carbonyl (C=O) groups is 1. The van der Waals surface area contributed by atoms with Crippen molar-refractivity contribution in [3.63, 3.8) is 0 Å². The summed E-state index contributed by atoms with van der Waals surface area (Å²) in [5.41, 5.74) is 4.63. The van der Waals surface area contributed by atoms with Crippen molar-refractivity contribution in [3.8, 4) is 17.2 Å². The van der Waals surface area contributed by atoms with Gasteiger partial charge in [-0.3, -0.25) is 9.78 Å². The van der Waals surface area contributed by atoms with Crippen LogP contribution in [0.15, 0.2) is 53.2 Å². The van der Waals surface area contributed by atoms with Crippen LogP contribution in [0.3, 0.4) is 0 Å². The van der Waals surface area contributed by atoms with E-state index < -0.39 is 0 Å². The molecule has 0 aliphatic rings. The number of carbonyl (C=O) groups excluding carboxylic acids is 1. The molecule has 3 heterocycles. The van der Waals surface area contributed by atoms with Crippen molar-refractivity contribution in [1.82, 2.24) is 24.9 Å².